The Bertz CT molecular complexity index is 454. The lowest BCUT2D eigenvalue weighted by atomic mass is 9.82. The highest BCUT2D eigenvalue weighted by molar-refractivity contribution is 5.79. The Morgan fingerprint density at radius 1 is 1.28 bits per heavy atom. The molecule has 1 nitrogen and oxygen atoms in total. The molecule has 0 fully saturated rings. The van der Waals surface area contributed by atoms with E-state index < -0.39 is 0 Å². The van der Waals surface area contributed by atoms with Crippen LogP contribution in [0.1, 0.15) is 38.7 Å². The SMILES string of the molecule is C/C=C(\C1=C(C)CCC(NC)C1)c1ccccc1. The van der Waals surface area contributed by atoms with Crippen molar-refractivity contribution < 1.29 is 0 Å². The van der Waals surface area contributed by atoms with Crippen LogP contribution in [0.3, 0.4) is 0 Å². The third-order valence-electron chi connectivity index (χ3n) is 3.94. The summed E-state index contributed by atoms with van der Waals surface area (Å²) < 4.78 is 0. The van der Waals surface area contributed by atoms with E-state index in [-0.39, 0.29) is 0 Å². The molecule has 0 saturated heterocycles. The van der Waals surface area contributed by atoms with E-state index in [1.807, 2.05) is 0 Å². The van der Waals surface area contributed by atoms with Crippen molar-refractivity contribution >= 4 is 5.57 Å². The van der Waals surface area contributed by atoms with Gasteiger partial charge in [-0.05, 0) is 56.9 Å². The van der Waals surface area contributed by atoms with E-state index in [4.69, 9.17) is 0 Å². The molecule has 2 rings (SSSR count). The predicted molar refractivity (Wildman–Crippen MR) is 79.5 cm³/mol. The molecular weight excluding hydrogens is 218 g/mol. The molecule has 0 bridgehead atoms. The van der Waals surface area contributed by atoms with Gasteiger partial charge < -0.3 is 5.32 Å². The number of allylic oxidation sites excluding steroid dienone is 3. The van der Waals surface area contributed by atoms with Crippen molar-refractivity contribution in [3.8, 4) is 0 Å². The molecule has 0 aromatic heterocycles. The summed E-state index contributed by atoms with van der Waals surface area (Å²) in [7, 11) is 2.07. The largest absolute Gasteiger partial charge is 0.317 e. The van der Waals surface area contributed by atoms with Gasteiger partial charge in [-0.3, -0.25) is 0 Å². The fourth-order valence-corrected chi connectivity index (χ4v) is 2.78. The first-order chi connectivity index (χ1) is 8.76. The van der Waals surface area contributed by atoms with Gasteiger partial charge in [-0.15, -0.1) is 0 Å². The second-order valence-corrected chi connectivity index (χ2v) is 5.06. The van der Waals surface area contributed by atoms with Crippen LogP contribution in [0.2, 0.25) is 0 Å². The molecule has 18 heavy (non-hydrogen) atoms. The van der Waals surface area contributed by atoms with E-state index in [1.165, 1.54) is 29.6 Å². The quantitative estimate of drug-likeness (QED) is 0.837. The number of nitrogens with one attached hydrogen (secondary N) is 1. The first kappa shape index (κ1) is 13.1. The Morgan fingerprint density at radius 2 is 2.00 bits per heavy atom. The van der Waals surface area contributed by atoms with Crippen LogP contribution >= 0.6 is 0 Å². The van der Waals surface area contributed by atoms with Gasteiger partial charge >= 0.3 is 0 Å². The highest BCUT2D eigenvalue weighted by Crippen LogP contribution is 2.34. The molecule has 1 N–H and O–H groups in total. The Morgan fingerprint density at radius 3 is 2.61 bits per heavy atom. The van der Waals surface area contributed by atoms with Crippen LogP contribution in [-0.2, 0) is 0 Å². The lowest BCUT2D eigenvalue weighted by Crippen LogP contribution is -2.28. The molecule has 0 spiro atoms. The van der Waals surface area contributed by atoms with Gasteiger partial charge in [-0.2, -0.15) is 0 Å². The third kappa shape index (κ3) is 2.73. The molecular formula is C17H23N. The van der Waals surface area contributed by atoms with E-state index in [2.05, 4.69) is 62.6 Å². The average molecular weight is 241 g/mol. The Kier molecular flexibility index (Phi) is 4.38. The fraction of sp³-hybridized carbons (Fsp3) is 0.412. The van der Waals surface area contributed by atoms with Crippen LogP contribution in [0.25, 0.3) is 5.57 Å². The summed E-state index contributed by atoms with van der Waals surface area (Å²) in [6.45, 7) is 4.43. The topological polar surface area (TPSA) is 12.0 Å². The molecule has 1 unspecified atom stereocenters. The van der Waals surface area contributed by atoms with Gasteiger partial charge in [0.2, 0.25) is 0 Å². The lowest BCUT2D eigenvalue weighted by Gasteiger charge is -2.27. The first-order valence-electron chi connectivity index (χ1n) is 6.84. The normalized spacial score (nSPS) is 21.3. The van der Waals surface area contributed by atoms with E-state index in [1.54, 1.807) is 5.57 Å². The molecule has 1 aliphatic rings. The minimum absolute atomic E-state index is 0.627. The van der Waals surface area contributed by atoms with Crippen molar-refractivity contribution in [2.24, 2.45) is 0 Å². The predicted octanol–water partition coefficient (Wildman–Crippen LogP) is 4.18. The van der Waals surface area contributed by atoms with Crippen LogP contribution in [0.4, 0.5) is 0 Å². The van der Waals surface area contributed by atoms with Gasteiger partial charge in [-0.1, -0.05) is 42.0 Å². The van der Waals surface area contributed by atoms with Crippen LogP contribution in [0.5, 0.6) is 0 Å². The van der Waals surface area contributed by atoms with E-state index in [9.17, 15) is 0 Å². The molecule has 1 aliphatic carbocycles. The minimum Gasteiger partial charge on any atom is -0.317 e. The number of benzene rings is 1. The van der Waals surface area contributed by atoms with Crippen LogP contribution in [-0.4, -0.2) is 13.1 Å². The monoisotopic (exact) mass is 241 g/mol. The maximum atomic E-state index is 3.42. The van der Waals surface area contributed by atoms with Gasteiger partial charge in [0.25, 0.3) is 0 Å². The summed E-state index contributed by atoms with van der Waals surface area (Å²) in [6.07, 6.45) is 5.88. The first-order valence-corrected chi connectivity index (χ1v) is 6.84. The standard InChI is InChI=1S/C17H23N/c1-4-16(14-8-6-5-7-9-14)17-12-15(18-3)11-10-13(17)2/h4-9,15,18H,10-12H2,1-3H3/b16-4-. The van der Waals surface area contributed by atoms with Crippen LogP contribution in [0.15, 0.2) is 47.6 Å². The van der Waals surface area contributed by atoms with Gasteiger partial charge in [0.1, 0.15) is 0 Å². The molecule has 96 valence electrons. The zero-order chi connectivity index (χ0) is 13.0. The molecule has 0 heterocycles. The third-order valence-corrected chi connectivity index (χ3v) is 3.94. The highest BCUT2D eigenvalue weighted by atomic mass is 14.9. The lowest BCUT2D eigenvalue weighted by molar-refractivity contribution is 0.498. The number of hydrogen-bond acceptors (Lipinski definition) is 1. The smallest absolute Gasteiger partial charge is 0.0108 e. The van der Waals surface area contributed by atoms with Crippen molar-refractivity contribution in [1.29, 1.82) is 0 Å². The van der Waals surface area contributed by atoms with Gasteiger partial charge in [-0.25, -0.2) is 0 Å². The molecule has 1 atom stereocenters. The summed E-state index contributed by atoms with van der Waals surface area (Å²) in [5, 5.41) is 3.42. The van der Waals surface area contributed by atoms with Crippen LogP contribution in [0, 0.1) is 0 Å². The van der Waals surface area contributed by atoms with E-state index >= 15 is 0 Å². The Hall–Kier alpha value is -1.34. The zero-order valence-corrected chi connectivity index (χ0v) is 11.7. The second-order valence-electron chi connectivity index (χ2n) is 5.06. The molecule has 0 aliphatic heterocycles. The van der Waals surface area contributed by atoms with Crippen molar-refractivity contribution in [1.82, 2.24) is 5.32 Å². The van der Waals surface area contributed by atoms with Gasteiger partial charge in [0.05, 0.1) is 0 Å². The summed E-state index contributed by atoms with van der Waals surface area (Å²) in [6, 6.07) is 11.4. The van der Waals surface area contributed by atoms with E-state index in [0.29, 0.717) is 6.04 Å². The molecule has 1 aromatic rings. The Labute approximate surface area is 111 Å². The van der Waals surface area contributed by atoms with Crippen molar-refractivity contribution in [3.05, 3.63) is 53.1 Å². The van der Waals surface area contributed by atoms with Gasteiger partial charge in [0.15, 0.2) is 0 Å². The molecule has 1 heteroatoms. The molecule has 1 aromatic carbocycles. The second kappa shape index (κ2) is 6.01. The molecule has 0 saturated carbocycles. The highest BCUT2D eigenvalue weighted by Gasteiger charge is 2.20. The summed E-state index contributed by atoms with van der Waals surface area (Å²) in [4.78, 5) is 0. The maximum absolute atomic E-state index is 3.42. The summed E-state index contributed by atoms with van der Waals surface area (Å²) in [5.41, 5.74) is 5.84. The van der Waals surface area contributed by atoms with Crippen LogP contribution < -0.4 is 5.32 Å². The van der Waals surface area contributed by atoms with Crippen molar-refractivity contribution in [2.45, 2.75) is 39.2 Å². The zero-order valence-electron chi connectivity index (χ0n) is 11.7. The summed E-state index contributed by atoms with van der Waals surface area (Å²) >= 11 is 0. The average Bonchev–Trinajstić information content (AvgIpc) is 2.43. The molecule has 0 amide bonds. The maximum Gasteiger partial charge on any atom is 0.0108 e. The number of rotatable bonds is 3. The summed E-state index contributed by atoms with van der Waals surface area (Å²) in [5.74, 6) is 0. The van der Waals surface area contributed by atoms with Crippen molar-refractivity contribution in [2.75, 3.05) is 7.05 Å². The van der Waals surface area contributed by atoms with Crippen molar-refractivity contribution in [3.63, 3.8) is 0 Å². The molecule has 0 radical (unpaired) electrons. The van der Waals surface area contributed by atoms with Gasteiger partial charge in [0, 0.05) is 6.04 Å². The number of hydrogen-bond donors (Lipinski definition) is 1. The Balaban J connectivity index is 2.34. The van der Waals surface area contributed by atoms with E-state index in [0.717, 1.165) is 6.42 Å². The fourth-order valence-electron chi connectivity index (χ4n) is 2.78. The minimum atomic E-state index is 0.627.